The number of benzene rings is 2. The first-order valence-corrected chi connectivity index (χ1v) is 9.38. The minimum Gasteiger partial charge on any atom is -0.493 e. The van der Waals surface area contributed by atoms with Gasteiger partial charge in [0.15, 0.2) is 29.2 Å². The lowest BCUT2D eigenvalue weighted by Crippen LogP contribution is -2.50. The second kappa shape index (κ2) is 11.4. The van der Waals surface area contributed by atoms with Crippen molar-refractivity contribution in [2.24, 2.45) is 0 Å². The van der Waals surface area contributed by atoms with Crippen LogP contribution in [0.5, 0.6) is 23.0 Å². The largest absolute Gasteiger partial charge is 0.493 e. The molecule has 172 valence electrons. The van der Waals surface area contributed by atoms with Crippen LogP contribution in [0.15, 0.2) is 36.4 Å². The SMILES string of the molecule is COc1cc(C(=O)NCC(=O)NNC(=O)C(C)Oc2ccccc2F)cc(OC)c1OC. The van der Waals surface area contributed by atoms with Gasteiger partial charge in [0.05, 0.1) is 27.9 Å². The van der Waals surface area contributed by atoms with Gasteiger partial charge in [-0.05, 0) is 31.2 Å². The molecule has 0 fully saturated rings. The van der Waals surface area contributed by atoms with Gasteiger partial charge in [-0.1, -0.05) is 12.1 Å². The second-order valence-electron chi connectivity index (χ2n) is 6.32. The summed E-state index contributed by atoms with van der Waals surface area (Å²) in [6.45, 7) is 0.957. The van der Waals surface area contributed by atoms with Gasteiger partial charge in [0.25, 0.3) is 17.7 Å². The van der Waals surface area contributed by atoms with Gasteiger partial charge in [-0.25, -0.2) is 4.39 Å². The molecular formula is C21H24FN3O7. The van der Waals surface area contributed by atoms with Crippen molar-refractivity contribution in [3.05, 3.63) is 47.8 Å². The Kier molecular flexibility index (Phi) is 8.63. The zero-order valence-electron chi connectivity index (χ0n) is 18.0. The minimum absolute atomic E-state index is 0.0981. The summed E-state index contributed by atoms with van der Waals surface area (Å²) in [6, 6.07) is 8.46. The summed E-state index contributed by atoms with van der Waals surface area (Å²) in [7, 11) is 4.25. The van der Waals surface area contributed by atoms with Gasteiger partial charge < -0.3 is 24.3 Å². The van der Waals surface area contributed by atoms with Crippen LogP contribution in [0.25, 0.3) is 0 Å². The van der Waals surface area contributed by atoms with Gasteiger partial charge in [0, 0.05) is 5.56 Å². The topological polar surface area (TPSA) is 124 Å². The van der Waals surface area contributed by atoms with Gasteiger partial charge in [0.1, 0.15) is 0 Å². The van der Waals surface area contributed by atoms with Gasteiger partial charge >= 0.3 is 0 Å². The summed E-state index contributed by atoms with van der Waals surface area (Å²) < 4.78 is 34.4. The molecule has 3 N–H and O–H groups in total. The quantitative estimate of drug-likeness (QED) is 0.492. The third kappa shape index (κ3) is 6.24. The Hall–Kier alpha value is -4.02. The molecule has 2 aromatic rings. The molecule has 0 spiro atoms. The Morgan fingerprint density at radius 3 is 2.12 bits per heavy atom. The van der Waals surface area contributed by atoms with E-state index in [1.165, 1.54) is 58.6 Å². The van der Waals surface area contributed by atoms with E-state index in [1.807, 2.05) is 0 Å². The lowest BCUT2D eigenvalue weighted by atomic mass is 10.1. The molecule has 1 unspecified atom stereocenters. The van der Waals surface area contributed by atoms with Crippen molar-refractivity contribution in [3.8, 4) is 23.0 Å². The number of rotatable bonds is 9. The summed E-state index contributed by atoms with van der Waals surface area (Å²) in [5, 5.41) is 2.40. The van der Waals surface area contributed by atoms with Gasteiger partial charge in [-0.15, -0.1) is 0 Å². The van der Waals surface area contributed by atoms with Crippen LogP contribution in [0.4, 0.5) is 4.39 Å². The molecule has 11 heteroatoms. The van der Waals surface area contributed by atoms with E-state index >= 15 is 0 Å². The van der Waals surface area contributed by atoms with Crippen molar-refractivity contribution in [2.75, 3.05) is 27.9 Å². The smallest absolute Gasteiger partial charge is 0.279 e. The first-order chi connectivity index (χ1) is 15.3. The highest BCUT2D eigenvalue weighted by molar-refractivity contribution is 5.97. The van der Waals surface area contributed by atoms with Gasteiger partial charge in [-0.2, -0.15) is 0 Å². The second-order valence-corrected chi connectivity index (χ2v) is 6.32. The summed E-state index contributed by atoms with van der Waals surface area (Å²) >= 11 is 0. The van der Waals surface area contributed by atoms with E-state index < -0.39 is 36.2 Å². The fourth-order valence-electron chi connectivity index (χ4n) is 2.54. The van der Waals surface area contributed by atoms with Crippen molar-refractivity contribution < 1.29 is 37.7 Å². The molecule has 0 aromatic heterocycles. The molecule has 0 bridgehead atoms. The Bertz CT molecular complexity index is 959. The maximum atomic E-state index is 13.6. The fraction of sp³-hybridized carbons (Fsp3) is 0.286. The molecule has 10 nitrogen and oxygen atoms in total. The van der Waals surface area contributed by atoms with E-state index in [0.29, 0.717) is 5.75 Å². The summed E-state index contributed by atoms with van der Waals surface area (Å²) in [4.78, 5) is 36.4. The first kappa shape index (κ1) is 24.3. The van der Waals surface area contributed by atoms with Crippen LogP contribution >= 0.6 is 0 Å². The van der Waals surface area contributed by atoms with Crippen LogP contribution in [0.1, 0.15) is 17.3 Å². The molecule has 0 saturated carbocycles. The predicted octanol–water partition coefficient (Wildman–Crippen LogP) is 1.20. The molecule has 0 radical (unpaired) electrons. The van der Waals surface area contributed by atoms with Crippen molar-refractivity contribution in [3.63, 3.8) is 0 Å². The molecule has 32 heavy (non-hydrogen) atoms. The van der Waals surface area contributed by atoms with E-state index in [9.17, 15) is 18.8 Å². The van der Waals surface area contributed by atoms with Crippen LogP contribution in [-0.4, -0.2) is 51.7 Å². The number of para-hydroxylation sites is 1. The summed E-state index contributed by atoms with van der Waals surface area (Å²) in [5.74, 6) is -1.84. The van der Waals surface area contributed by atoms with Crippen molar-refractivity contribution in [1.29, 1.82) is 0 Å². The molecule has 0 heterocycles. The monoisotopic (exact) mass is 449 g/mol. The lowest BCUT2D eigenvalue weighted by Gasteiger charge is -2.16. The summed E-state index contributed by atoms with van der Waals surface area (Å²) in [6.07, 6.45) is -1.08. The Morgan fingerprint density at radius 2 is 1.56 bits per heavy atom. The molecule has 2 rings (SSSR count). The average molecular weight is 449 g/mol. The molecule has 0 saturated heterocycles. The zero-order chi connectivity index (χ0) is 23.7. The number of methoxy groups -OCH3 is 3. The Labute approximate surface area is 183 Å². The highest BCUT2D eigenvalue weighted by Gasteiger charge is 2.19. The lowest BCUT2D eigenvalue weighted by molar-refractivity contribution is -0.132. The molecule has 0 aliphatic carbocycles. The number of carbonyl (C=O) groups is 3. The molecule has 0 aliphatic heterocycles. The molecule has 0 aliphatic rings. The van der Waals surface area contributed by atoms with Crippen molar-refractivity contribution >= 4 is 17.7 Å². The number of hydrogen-bond acceptors (Lipinski definition) is 7. The number of ether oxygens (including phenoxy) is 4. The number of amides is 3. The third-order valence-corrected chi connectivity index (χ3v) is 4.17. The van der Waals surface area contributed by atoms with E-state index in [0.717, 1.165) is 0 Å². The first-order valence-electron chi connectivity index (χ1n) is 9.38. The van der Waals surface area contributed by atoms with Crippen molar-refractivity contribution in [1.82, 2.24) is 16.2 Å². The number of carbonyl (C=O) groups excluding carboxylic acids is 3. The van der Waals surface area contributed by atoms with Gasteiger partial charge in [-0.3, -0.25) is 25.2 Å². The van der Waals surface area contributed by atoms with Crippen LogP contribution in [0, 0.1) is 5.82 Å². The normalized spacial score (nSPS) is 11.0. The van der Waals surface area contributed by atoms with E-state index in [1.54, 1.807) is 6.07 Å². The van der Waals surface area contributed by atoms with Crippen LogP contribution < -0.4 is 35.1 Å². The minimum atomic E-state index is -1.08. The van der Waals surface area contributed by atoms with Crippen molar-refractivity contribution in [2.45, 2.75) is 13.0 Å². The molecule has 3 amide bonds. The number of nitrogens with one attached hydrogen (secondary N) is 3. The Morgan fingerprint density at radius 1 is 0.938 bits per heavy atom. The zero-order valence-corrected chi connectivity index (χ0v) is 18.0. The maximum absolute atomic E-state index is 13.6. The van der Waals surface area contributed by atoms with Crippen LogP contribution in [0.3, 0.4) is 0 Å². The predicted molar refractivity (Wildman–Crippen MR) is 111 cm³/mol. The molecule has 2 aromatic carbocycles. The highest BCUT2D eigenvalue weighted by Crippen LogP contribution is 2.38. The molecule has 1 atom stereocenters. The van der Waals surface area contributed by atoms with E-state index in [4.69, 9.17) is 18.9 Å². The Balaban J connectivity index is 1.87. The number of halogens is 1. The van der Waals surface area contributed by atoms with Gasteiger partial charge in [0.2, 0.25) is 5.75 Å². The highest BCUT2D eigenvalue weighted by atomic mass is 19.1. The number of hydrazine groups is 1. The fourth-order valence-corrected chi connectivity index (χ4v) is 2.54. The third-order valence-electron chi connectivity index (χ3n) is 4.17. The van der Waals surface area contributed by atoms with Crippen LogP contribution in [-0.2, 0) is 9.59 Å². The van der Waals surface area contributed by atoms with E-state index in [-0.39, 0.29) is 22.8 Å². The summed E-state index contributed by atoms with van der Waals surface area (Å²) in [5.41, 5.74) is 4.45. The standard InChI is InChI=1S/C21H24FN3O7/c1-12(32-15-8-6-5-7-14(15)22)20(27)25-24-18(26)11-23-21(28)13-9-16(29-2)19(31-4)17(10-13)30-3/h5-10,12H,11H2,1-4H3,(H,23,28)(H,24,26)(H,25,27). The number of hydrogen-bond donors (Lipinski definition) is 3. The van der Waals surface area contributed by atoms with Crippen LogP contribution in [0.2, 0.25) is 0 Å². The molecular weight excluding hydrogens is 425 g/mol. The maximum Gasteiger partial charge on any atom is 0.279 e. The van der Waals surface area contributed by atoms with E-state index in [2.05, 4.69) is 16.2 Å². The average Bonchev–Trinajstić information content (AvgIpc) is 2.81.